The number of carbonyl (C=O) groups excluding carboxylic acids is 2. The first-order valence-corrected chi connectivity index (χ1v) is 11.7. The molecule has 1 aliphatic rings. The van der Waals surface area contributed by atoms with Crippen LogP contribution in [0.5, 0.6) is 0 Å². The number of anilines is 1. The molecule has 3 atom stereocenters. The molecular formula is C23H20ClFN4O5S. The molecule has 4 rings (SSSR count). The minimum Gasteiger partial charge on any atom is -0.481 e. The summed E-state index contributed by atoms with van der Waals surface area (Å²) in [6.45, 7) is 0.290. The molecule has 9 nitrogen and oxygen atoms in total. The quantitative estimate of drug-likeness (QED) is 0.380. The van der Waals surface area contributed by atoms with Crippen LogP contribution in [-0.4, -0.2) is 46.6 Å². The predicted molar refractivity (Wildman–Crippen MR) is 129 cm³/mol. The highest BCUT2D eigenvalue weighted by Crippen LogP contribution is 2.26. The molecule has 1 aromatic carbocycles. The highest BCUT2D eigenvalue weighted by Gasteiger charge is 2.42. The van der Waals surface area contributed by atoms with Crippen LogP contribution < -0.4 is 21.5 Å². The average Bonchev–Trinajstić information content (AvgIpc) is 3.48. The van der Waals surface area contributed by atoms with Crippen molar-refractivity contribution in [2.24, 2.45) is 11.8 Å². The molecule has 3 aromatic rings. The van der Waals surface area contributed by atoms with E-state index in [0.29, 0.717) is 4.34 Å². The van der Waals surface area contributed by atoms with Crippen molar-refractivity contribution in [3.63, 3.8) is 0 Å². The van der Waals surface area contributed by atoms with Gasteiger partial charge in [-0.05, 0) is 30.3 Å². The van der Waals surface area contributed by atoms with Gasteiger partial charge in [-0.3, -0.25) is 23.7 Å². The van der Waals surface area contributed by atoms with Crippen molar-refractivity contribution in [2.45, 2.75) is 6.04 Å². The average molecular weight is 519 g/mol. The first-order valence-electron chi connectivity index (χ1n) is 10.5. The van der Waals surface area contributed by atoms with Crippen molar-refractivity contribution >= 4 is 46.4 Å². The summed E-state index contributed by atoms with van der Waals surface area (Å²) in [5, 5.41) is 17.5. The van der Waals surface area contributed by atoms with Crippen LogP contribution in [0.15, 0.2) is 59.5 Å². The zero-order valence-corrected chi connectivity index (χ0v) is 19.6. The predicted octanol–water partition coefficient (Wildman–Crippen LogP) is 2.35. The van der Waals surface area contributed by atoms with Crippen molar-refractivity contribution in [3.8, 4) is 5.69 Å². The highest BCUT2D eigenvalue weighted by molar-refractivity contribution is 7.18. The van der Waals surface area contributed by atoms with Crippen LogP contribution in [0.4, 0.5) is 10.1 Å². The van der Waals surface area contributed by atoms with Crippen LogP contribution in [0.3, 0.4) is 0 Å². The van der Waals surface area contributed by atoms with E-state index < -0.39 is 41.5 Å². The molecule has 2 aromatic heterocycles. The lowest BCUT2D eigenvalue weighted by Gasteiger charge is -2.26. The summed E-state index contributed by atoms with van der Waals surface area (Å²) < 4.78 is 16.5. The van der Waals surface area contributed by atoms with Crippen LogP contribution in [0.1, 0.15) is 9.67 Å². The van der Waals surface area contributed by atoms with E-state index >= 15 is 0 Å². The number of aromatic nitrogens is 1. The number of aliphatic carboxylic acids is 1. The van der Waals surface area contributed by atoms with Gasteiger partial charge in [0.05, 0.1) is 26.5 Å². The lowest BCUT2D eigenvalue weighted by atomic mass is 9.88. The number of halogens is 2. The number of hydrogen-bond acceptors (Lipinski definition) is 6. The van der Waals surface area contributed by atoms with Gasteiger partial charge in [0, 0.05) is 37.3 Å². The summed E-state index contributed by atoms with van der Waals surface area (Å²) in [7, 11) is 0. The van der Waals surface area contributed by atoms with Crippen molar-refractivity contribution in [2.75, 3.05) is 18.4 Å². The van der Waals surface area contributed by atoms with Gasteiger partial charge in [0.2, 0.25) is 5.91 Å². The summed E-state index contributed by atoms with van der Waals surface area (Å²) in [6.07, 6.45) is 1.48. The van der Waals surface area contributed by atoms with Gasteiger partial charge in [0.1, 0.15) is 11.9 Å². The molecule has 1 aliphatic heterocycles. The Morgan fingerprint density at radius 2 is 1.97 bits per heavy atom. The fourth-order valence-electron chi connectivity index (χ4n) is 3.94. The Hall–Kier alpha value is -3.54. The van der Waals surface area contributed by atoms with Crippen LogP contribution >= 0.6 is 22.9 Å². The fourth-order valence-corrected chi connectivity index (χ4v) is 4.89. The molecule has 0 radical (unpaired) electrons. The third-order valence-corrected chi connectivity index (χ3v) is 6.91. The van der Waals surface area contributed by atoms with E-state index in [0.717, 1.165) is 17.4 Å². The Morgan fingerprint density at radius 1 is 1.17 bits per heavy atom. The smallest absolute Gasteiger partial charge is 0.308 e. The van der Waals surface area contributed by atoms with Crippen molar-refractivity contribution < 1.29 is 23.9 Å². The zero-order chi connectivity index (χ0) is 25.1. The second-order valence-corrected chi connectivity index (χ2v) is 9.60. The fraction of sp³-hybridized carbons (Fsp3) is 0.217. The molecule has 0 spiro atoms. The molecule has 1 unspecified atom stereocenters. The molecule has 1 saturated heterocycles. The largest absolute Gasteiger partial charge is 0.481 e. The number of benzene rings is 1. The molecule has 182 valence electrons. The lowest BCUT2D eigenvalue weighted by molar-refractivity contribution is -0.142. The molecule has 0 saturated carbocycles. The molecule has 4 N–H and O–H groups in total. The van der Waals surface area contributed by atoms with E-state index in [4.69, 9.17) is 11.6 Å². The summed E-state index contributed by atoms with van der Waals surface area (Å²) in [4.78, 5) is 49.9. The van der Waals surface area contributed by atoms with E-state index in [1.165, 1.54) is 41.1 Å². The lowest BCUT2D eigenvalue weighted by Crippen LogP contribution is -2.51. The second-order valence-electron chi connectivity index (χ2n) is 7.88. The maximum atomic E-state index is 14.9. The number of thiophene rings is 1. The van der Waals surface area contributed by atoms with Crippen LogP contribution in [-0.2, 0) is 9.59 Å². The van der Waals surface area contributed by atoms with E-state index in [1.54, 1.807) is 12.1 Å². The van der Waals surface area contributed by atoms with Crippen molar-refractivity contribution in [3.05, 3.63) is 80.1 Å². The van der Waals surface area contributed by atoms with E-state index in [9.17, 15) is 28.7 Å². The monoisotopic (exact) mass is 518 g/mol. The Balaban J connectivity index is 1.59. The molecule has 0 bridgehead atoms. The standard InChI is InChI=1S/C23H20ClFN4O5S/c24-18-7-6-17(35-18)21(31)28-20(13-10-26-11-14(13)23(33)34)22(32)27-16-5-4-12(9-15(16)25)29-8-2-1-3-19(29)30/h1-9,13-14,20,26H,10-11H2,(H,27,32)(H,28,31)(H,33,34)/t13-,14+,20?/m0/s1. The van der Waals surface area contributed by atoms with Crippen molar-refractivity contribution in [1.82, 2.24) is 15.2 Å². The van der Waals surface area contributed by atoms with Crippen LogP contribution in [0.25, 0.3) is 5.69 Å². The number of nitrogens with zero attached hydrogens (tertiary/aromatic N) is 1. The van der Waals surface area contributed by atoms with Gasteiger partial charge >= 0.3 is 5.97 Å². The number of carboxylic acids is 1. The maximum Gasteiger partial charge on any atom is 0.308 e. The Labute approximate surface area is 207 Å². The van der Waals surface area contributed by atoms with Gasteiger partial charge in [-0.2, -0.15) is 0 Å². The normalized spacial score (nSPS) is 18.1. The minimum atomic E-state index is -1.27. The summed E-state index contributed by atoms with van der Waals surface area (Å²) in [5.74, 6) is -5.01. The number of rotatable bonds is 7. The molecule has 0 aliphatic carbocycles. The van der Waals surface area contributed by atoms with Gasteiger partial charge in [-0.25, -0.2) is 4.39 Å². The summed E-state index contributed by atoms with van der Waals surface area (Å²) in [5.41, 5.74) is -0.274. The van der Waals surface area contributed by atoms with Crippen LogP contribution in [0, 0.1) is 17.7 Å². The molecule has 1 fully saturated rings. The van der Waals surface area contributed by atoms with Crippen molar-refractivity contribution in [1.29, 1.82) is 0 Å². The van der Waals surface area contributed by atoms with Gasteiger partial charge in [-0.15, -0.1) is 11.3 Å². The Kier molecular flexibility index (Phi) is 7.29. The zero-order valence-electron chi connectivity index (χ0n) is 18.0. The highest BCUT2D eigenvalue weighted by atomic mass is 35.5. The minimum absolute atomic E-state index is 0.124. The Morgan fingerprint density at radius 3 is 2.63 bits per heavy atom. The van der Waals surface area contributed by atoms with Gasteiger partial charge in [0.15, 0.2) is 0 Å². The summed E-state index contributed by atoms with van der Waals surface area (Å²) >= 11 is 6.90. The Bertz CT molecular complexity index is 1340. The first-order chi connectivity index (χ1) is 16.7. The molecule has 35 heavy (non-hydrogen) atoms. The number of pyridine rings is 1. The van der Waals surface area contributed by atoms with Gasteiger partial charge in [0.25, 0.3) is 11.5 Å². The van der Waals surface area contributed by atoms with Gasteiger partial charge in [-0.1, -0.05) is 17.7 Å². The summed E-state index contributed by atoms with van der Waals surface area (Å²) in [6, 6.07) is 10.1. The first kappa shape index (κ1) is 24.6. The van der Waals surface area contributed by atoms with E-state index in [2.05, 4.69) is 16.0 Å². The van der Waals surface area contributed by atoms with Gasteiger partial charge < -0.3 is 21.1 Å². The molecular weight excluding hydrogens is 499 g/mol. The number of nitrogens with one attached hydrogen (secondary N) is 3. The molecule has 2 amide bonds. The third-order valence-electron chi connectivity index (χ3n) is 5.68. The third kappa shape index (κ3) is 5.42. The van der Waals surface area contributed by atoms with E-state index in [1.807, 2.05) is 0 Å². The van der Waals surface area contributed by atoms with Crippen LogP contribution in [0.2, 0.25) is 4.34 Å². The second kappa shape index (κ2) is 10.4. The maximum absolute atomic E-state index is 14.9. The number of amides is 2. The topological polar surface area (TPSA) is 130 Å². The molecule has 3 heterocycles. The molecule has 12 heteroatoms. The van der Waals surface area contributed by atoms with E-state index in [-0.39, 0.29) is 34.9 Å². The number of carboxylic acid groups (broad SMARTS) is 1. The SMILES string of the molecule is O=C(NC(C(=O)Nc1ccc(-n2ccccc2=O)cc1F)[C@H]1CNC[C@H]1C(=O)O)c1ccc(Cl)s1. The number of carbonyl (C=O) groups is 3. The number of hydrogen-bond donors (Lipinski definition) is 4.